The summed E-state index contributed by atoms with van der Waals surface area (Å²) in [5.74, 6) is -0.448. The van der Waals surface area contributed by atoms with Crippen molar-refractivity contribution in [2.45, 2.75) is 50.1 Å². The molecule has 0 saturated heterocycles. The Morgan fingerprint density at radius 1 is 1.06 bits per heavy atom. The number of amides is 2. The summed E-state index contributed by atoms with van der Waals surface area (Å²) in [6.07, 6.45) is 4.40. The number of rotatable bonds is 10. The fourth-order valence-electron chi connectivity index (χ4n) is 5.21. The van der Waals surface area contributed by atoms with E-state index in [1.165, 1.54) is 22.3 Å². The third kappa shape index (κ3) is 6.17. The van der Waals surface area contributed by atoms with Crippen LogP contribution in [0, 0.1) is 5.92 Å². The van der Waals surface area contributed by atoms with Crippen LogP contribution in [0.4, 0.5) is 4.79 Å². The second-order valence-corrected chi connectivity index (χ2v) is 10.3. The van der Waals surface area contributed by atoms with Gasteiger partial charge < -0.3 is 20.5 Å². The second-order valence-electron chi connectivity index (χ2n) is 9.29. The van der Waals surface area contributed by atoms with Gasteiger partial charge in [-0.05, 0) is 65.9 Å². The number of fused-ring (bicyclic) bond motifs is 3. The van der Waals surface area contributed by atoms with Crippen LogP contribution in [0.1, 0.15) is 49.1 Å². The summed E-state index contributed by atoms with van der Waals surface area (Å²) in [5.41, 5.74) is 4.72. The fourth-order valence-corrected chi connectivity index (χ4v) is 5.68. The minimum Gasteiger partial charge on any atom is -0.480 e. The van der Waals surface area contributed by atoms with E-state index < -0.39 is 18.1 Å². The summed E-state index contributed by atoms with van der Waals surface area (Å²) in [4.78, 5) is 36.3. The Morgan fingerprint density at radius 3 is 2.34 bits per heavy atom. The number of carboxylic acid groups (broad SMARTS) is 1. The third-order valence-corrected chi connectivity index (χ3v) is 7.57. The van der Waals surface area contributed by atoms with Crippen molar-refractivity contribution in [1.29, 1.82) is 0 Å². The summed E-state index contributed by atoms with van der Waals surface area (Å²) in [7, 11) is 0. The van der Waals surface area contributed by atoms with Crippen LogP contribution in [0.2, 0.25) is 0 Å². The number of aliphatic carboxylic acids is 1. The molecule has 0 heterocycles. The molecule has 2 aliphatic rings. The normalized spacial score (nSPS) is 19.5. The number of nitrogens with one attached hydrogen (secondary N) is 2. The standard InChI is InChI=1S/C27H32N2O5S/c1-35-13-12-24(26(31)32)29-25(30)15-17-10-11-18(14-17)28-27(33)34-16-23-21-8-4-2-6-19(21)20-7-3-5-9-22(20)23/h2-9,17-18,23-24H,10-16H2,1H3,(H,28,33)(H,29,30)(H,31,32)/t17-,18+,24+/m1/s1. The zero-order valence-electron chi connectivity index (χ0n) is 19.9. The van der Waals surface area contributed by atoms with E-state index in [4.69, 9.17) is 4.74 Å². The molecular weight excluding hydrogens is 464 g/mol. The zero-order chi connectivity index (χ0) is 24.8. The molecule has 0 aromatic heterocycles. The van der Waals surface area contributed by atoms with E-state index in [-0.39, 0.29) is 36.8 Å². The quantitative estimate of drug-likeness (QED) is 0.450. The van der Waals surface area contributed by atoms with Gasteiger partial charge in [0.1, 0.15) is 12.6 Å². The number of carboxylic acids is 1. The number of carbonyl (C=O) groups is 3. The molecule has 186 valence electrons. The lowest BCUT2D eigenvalue weighted by Crippen LogP contribution is -2.41. The Morgan fingerprint density at radius 2 is 1.71 bits per heavy atom. The molecule has 2 aliphatic carbocycles. The van der Waals surface area contributed by atoms with E-state index in [1.54, 1.807) is 11.8 Å². The topological polar surface area (TPSA) is 105 Å². The fraction of sp³-hybridized carbons (Fsp3) is 0.444. The number of carbonyl (C=O) groups excluding carboxylic acids is 2. The van der Waals surface area contributed by atoms with Crippen molar-refractivity contribution >= 4 is 29.7 Å². The van der Waals surface area contributed by atoms with Gasteiger partial charge in [-0.2, -0.15) is 11.8 Å². The first-order chi connectivity index (χ1) is 17.0. The highest BCUT2D eigenvalue weighted by atomic mass is 32.2. The summed E-state index contributed by atoms with van der Waals surface area (Å²) >= 11 is 1.55. The number of hydrogen-bond acceptors (Lipinski definition) is 5. The number of benzene rings is 2. The Balaban J connectivity index is 1.24. The maximum absolute atomic E-state index is 12.5. The van der Waals surface area contributed by atoms with E-state index in [2.05, 4.69) is 34.9 Å². The lowest BCUT2D eigenvalue weighted by atomic mass is 9.98. The first-order valence-electron chi connectivity index (χ1n) is 12.1. The van der Waals surface area contributed by atoms with E-state index in [1.807, 2.05) is 30.5 Å². The number of thioether (sulfide) groups is 1. The molecule has 2 aromatic rings. The zero-order valence-corrected chi connectivity index (χ0v) is 20.7. The van der Waals surface area contributed by atoms with Gasteiger partial charge >= 0.3 is 12.1 Å². The highest BCUT2D eigenvalue weighted by Gasteiger charge is 2.31. The van der Waals surface area contributed by atoms with Crippen molar-refractivity contribution in [3.05, 3.63) is 59.7 Å². The lowest BCUT2D eigenvalue weighted by molar-refractivity contribution is -0.142. The highest BCUT2D eigenvalue weighted by molar-refractivity contribution is 7.98. The molecule has 4 rings (SSSR count). The molecule has 0 bridgehead atoms. The molecular formula is C27H32N2O5S. The molecule has 1 saturated carbocycles. The van der Waals surface area contributed by atoms with Crippen LogP contribution in [-0.2, 0) is 14.3 Å². The third-order valence-electron chi connectivity index (χ3n) is 6.92. The van der Waals surface area contributed by atoms with Crippen LogP contribution in [0.3, 0.4) is 0 Å². The molecule has 3 atom stereocenters. The van der Waals surface area contributed by atoms with Crippen LogP contribution >= 0.6 is 11.8 Å². The van der Waals surface area contributed by atoms with Gasteiger partial charge in [0, 0.05) is 18.4 Å². The number of ether oxygens (including phenoxy) is 1. The number of hydrogen-bond donors (Lipinski definition) is 3. The Labute approximate surface area is 210 Å². The maximum atomic E-state index is 12.5. The molecule has 0 unspecified atom stereocenters. The minimum atomic E-state index is -1.01. The molecule has 35 heavy (non-hydrogen) atoms. The molecule has 8 heteroatoms. The average Bonchev–Trinajstić information content (AvgIpc) is 3.41. The summed E-state index contributed by atoms with van der Waals surface area (Å²) < 4.78 is 5.64. The van der Waals surface area contributed by atoms with Crippen molar-refractivity contribution in [3.8, 4) is 11.1 Å². The van der Waals surface area contributed by atoms with Crippen molar-refractivity contribution in [3.63, 3.8) is 0 Å². The number of alkyl carbamates (subject to hydrolysis) is 1. The summed E-state index contributed by atoms with van der Waals surface area (Å²) in [5, 5.41) is 14.9. The van der Waals surface area contributed by atoms with Crippen molar-refractivity contribution in [2.75, 3.05) is 18.6 Å². The molecule has 3 N–H and O–H groups in total. The first kappa shape index (κ1) is 25.1. The molecule has 2 aromatic carbocycles. The first-order valence-corrected chi connectivity index (χ1v) is 13.5. The second kappa shape index (κ2) is 11.6. The maximum Gasteiger partial charge on any atom is 0.407 e. The summed E-state index contributed by atoms with van der Waals surface area (Å²) in [6.45, 7) is 0.269. The van der Waals surface area contributed by atoms with Crippen LogP contribution in [-0.4, -0.2) is 53.8 Å². The van der Waals surface area contributed by atoms with Crippen molar-refractivity contribution < 1.29 is 24.2 Å². The van der Waals surface area contributed by atoms with Gasteiger partial charge in [-0.25, -0.2) is 9.59 Å². The van der Waals surface area contributed by atoms with Gasteiger partial charge in [0.15, 0.2) is 0 Å². The van der Waals surface area contributed by atoms with Gasteiger partial charge in [-0.1, -0.05) is 48.5 Å². The Kier molecular flexibility index (Phi) is 8.33. The van der Waals surface area contributed by atoms with Gasteiger partial charge in [-0.3, -0.25) is 4.79 Å². The summed E-state index contributed by atoms with van der Waals surface area (Å²) in [6, 6.07) is 15.5. The van der Waals surface area contributed by atoms with Gasteiger partial charge in [0.2, 0.25) is 5.91 Å². The van der Waals surface area contributed by atoms with Gasteiger partial charge in [0.05, 0.1) is 0 Å². The van der Waals surface area contributed by atoms with Crippen LogP contribution < -0.4 is 10.6 Å². The van der Waals surface area contributed by atoms with Gasteiger partial charge in [0.25, 0.3) is 0 Å². The van der Waals surface area contributed by atoms with E-state index in [0.29, 0.717) is 18.6 Å². The van der Waals surface area contributed by atoms with Crippen LogP contribution in [0.5, 0.6) is 0 Å². The average molecular weight is 497 g/mol. The predicted octanol–water partition coefficient (Wildman–Crippen LogP) is 4.41. The van der Waals surface area contributed by atoms with Crippen molar-refractivity contribution in [1.82, 2.24) is 10.6 Å². The molecule has 0 aliphatic heterocycles. The highest BCUT2D eigenvalue weighted by Crippen LogP contribution is 2.44. The smallest absolute Gasteiger partial charge is 0.407 e. The molecule has 2 amide bonds. The molecule has 7 nitrogen and oxygen atoms in total. The SMILES string of the molecule is CSCC[C@H](NC(=O)C[C@@H]1CC[C@H](NC(=O)OCC2c3ccccc3-c3ccccc32)C1)C(=O)O. The van der Waals surface area contributed by atoms with E-state index in [0.717, 1.165) is 12.8 Å². The predicted molar refractivity (Wildman–Crippen MR) is 137 cm³/mol. The Bertz CT molecular complexity index is 1030. The molecule has 1 fully saturated rings. The van der Waals surface area contributed by atoms with Crippen molar-refractivity contribution in [2.24, 2.45) is 5.92 Å². The molecule has 0 radical (unpaired) electrons. The van der Waals surface area contributed by atoms with E-state index >= 15 is 0 Å². The van der Waals surface area contributed by atoms with Gasteiger partial charge in [-0.15, -0.1) is 0 Å². The van der Waals surface area contributed by atoms with Crippen LogP contribution in [0.15, 0.2) is 48.5 Å². The Hall–Kier alpha value is -3.00. The minimum absolute atomic E-state index is 0.0152. The van der Waals surface area contributed by atoms with E-state index in [9.17, 15) is 19.5 Å². The van der Waals surface area contributed by atoms with Crippen LogP contribution in [0.25, 0.3) is 11.1 Å². The molecule has 0 spiro atoms. The lowest BCUT2D eigenvalue weighted by Gasteiger charge is -2.17. The largest absolute Gasteiger partial charge is 0.480 e. The monoisotopic (exact) mass is 496 g/mol.